The molecule has 1 aliphatic rings. The van der Waals surface area contributed by atoms with Crippen molar-refractivity contribution in [2.24, 2.45) is 5.92 Å². The predicted octanol–water partition coefficient (Wildman–Crippen LogP) is 4.12. The Labute approximate surface area is 157 Å². The van der Waals surface area contributed by atoms with Crippen LogP contribution in [0.3, 0.4) is 0 Å². The standard InChI is InChI=1S/C18H24F3NO4S/c1-12(8-13-10-22(11-13)16(23)26-17(2,3)4)27(24,25)15-7-5-6-14(9-15)18(19,20)21/h5-7,9,12-13H,8,10-11H2,1-4H3. The number of ether oxygens (including phenoxy) is 1. The van der Waals surface area contributed by atoms with Crippen molar-refractivity contribution in [1.82, 2.24) is 4.90 Å². The fourth-order valence-electron chi connectivity index (χ4n) is 2.87. The van der Waals surface area contributed by atoms with E-state index in [2.05, 4.69) is 0 Å². The Balaban J connectivity index is 1.99. The van der Waals surface area contributed by atoms with Gasteiger partial charge >= 0.3 is 12.3 Å². The number of alkyl halides is 3. The maximum absolute atomic E-state index is 12.8. The second-order valence-corrected chi connectivity index (χ2v) is 10.2. The molecule has 152 valence electrons. The Kier molecular flexibility index (Phi) is 5.85. The molecular weight excluding hydrogens is 383 g/mol. The van der Waals surface area contributed by atoms with Gasteiger partial charge in [0.05, 0.1) is 15.7 Å². The highest BCUT2D eigenvalue weighted by Gasteiger charge is 2.37. The number of carbonyl (C=O) groups excluding carboxylic acids is 1. The van der Waals surface area contributed by atoms with Gasteiger partial charge in [0.2, 0.25) is 0 Å². The van der Waals surface area contributed by atoms with Crippen LogP contribution in [0, 0.1) is 5.92 Å². The van der Waals surface area contributed by atoms with Crippen molar-refractivity contribution in [2.75, 3.05) is 13.1 Å². The molecule has 5 nitrogen and oxygen atoms in total. The first kappa shape index (κ1) is 21.5. The van der Waals surface area contributed by atoms with E-state index in [-0.39, 0.29) is 17.2 Å². The number of hydrogen-bond acceptors (Lipinski definition) is 4. The summed E-state index contributed by atoms with van der Waals surface area (Å²) < 4.78 is 68.9. The van der Waals surface area contributed by atoms with Crippen molar-refractivity contribution in [2.45, 2.75) is 56.0 Å². The molecule has 0 bridgehead atoms. The lowest BCUT2D eigenvalue weighted by molar-refractivity contribution is -0.137. The Morgan fingerprint density at radius 2 is 1.85 bits per heavy atom. The van der Waals surface area contributed by atoms with Crippen molar-refractivity contribution < 1.29 is 31.1 Å². The van der Waals surface area contributed by atoms with E-state index >= 15 is 0 Å². The molecule has 1 atom stereocenters. The molecule has 0 saturated carbocycles. The second-order valence-electron chi connectivity index (χ2n) is 7.87. The minimum Gasteiger partial charge on any atom is -0.444 e. The summed E-state index contributed by atoms with van der Waals surface area (Å²) in [6.45, 7) is 7.49. The Bertz CT molecular complexity index is 794. The fraction of sp³-hybridized carbons (Fsp3) is 0.611. The van der Waals surface area contributed by atoms with E-state index in [0.29, 0.717) is 19.2 Å². The van der Waals surface area contributed by atoms with Crippen LogP contribution in [0.4, 0.5) is 18.0 Å². The van der Waals surface area contributed by atoms with Crippen molar-refractivity contribution in [3.05, 3.63) is 29.8 Å². The van der Waals surface area contributed by atoms with E-state index in [4.69, 9.17) is 4.74 Å². The summed E-state index contributed by atoms with van der Waals surface area (Å²) >= 11 is 0. The van der Waals surface area contributed by atoms with E-state index < -0.39 is 38.5 Å². The normalized spacial score (nSPS) is 17.4. The van der Waals surface area contributed by atoms with E-state index in [9.17, 15) is 26.4 Å². The first-order valence-electron chi connectivity index (χ1n) is 8.59. The van der Waals surface area contributed by atoms with Gasteiger partial charge in [-0.3, -0.25) is 0 Å². The number of sulfone groups is 1. The monoisotopic (exact) mass is 407 g/mol. The number of likely N-dealkylation sites (tertiary alicyclic amines) is 1. The first-order chi connectivity index (χ1) is 12.2. The number of halogens is 3. The minimum atomic E-state index is -4.60. The third-order valence-electron chi connectivity index (χ3n) is 4.29. The lowest BCUT2D eigenvalue weighted by Crippen LogP contribution is -2.52. The van der Waals surface area contributed by atoms with Crippen LogP contribution < -0.4 is 0 Å². The average Bonchev–Trinajstić information content (AvgIpc) is 2.47. The number of nitrogens with zero attached hydrogens (tertiary/aromatic N) is 1. The summed E-state index contributed by atoms with van der Waals surface area (Å²) in [5.41, 5.74) is -1.60. The van der Waals surface area contributed by atoms with Gasteiger partial charge in [-0.2, -0.15) is 13.2 Å². The van der Waals surface area contributed by atoms with E-state index in [0.717, 1.165) is 12.1 Å². The summed E-state index contributed by atoms with van der Waals surface area (Å²) in [4.78, 5) is 13.0. The van der Waals surface area contributed by atoms with Crippen LogP contribution in [0.25, 0.3) is 0 Å². The highest BCUT2D eigenvalue weighted by Crippen LogP contribution is 2.32. The molecule has 9 heteroatoms. The van der Waals surface area contributed by atoms with Gasteiger partial charge in [-0.25, -0.2) is 13.2 Å². The largest absolute Gasteiger partial charge is 0.444 e. The Morgan fingerprint density at radius 3 is 2.37 bits per heavy atom. The molecule has 27 heavy (non-hydrogen) atoms. The van der Waals surface area contributed by atoms with Gasteiger partial charge in [0.1, 0.15) is 5.60 Å². The van der Waals surface area contributed by atoms with Gasteiger partial charge in [-0.15, -0.1) is 0 Å². The summed E-state index contributed by atoms with van der Waals surface area (Å²) in [5, 5.41) is -0.855. The number of carbonyl (C=O) groups is 1. The Hall–Kier alpha value is -1.77. The van der Waals surface area contributed by atoms with Crippen LogP contribution >= 0.6 is 0 Å². The second kappa shape index (κ2) is 7.33. The zero-order valence-corrected chi connectivity index (χ0v) is 16.5. The lowest BCUT2D eigenvalue weighted by atomic mass is 9.95. The zero-order valence-electron chi connectivity index (χ0n) is 15.7. The molecule has 2 rings (SSSR count). The van der Waals surface area contributed by atoms with Crippen molar-refractivity contribution in [3.8, 4) is 0 Å². The molecule has 1 aromatic rings. The minimum absolute atomic E-state index is 0.0342. The molecular formula is C18H24F3NO4S. The van der Waals surface area contributed by atoms with Crippen LogP contribution in [0.5, 0.6) is 0 Å². The summed E-state index contributed by atoms with van der Waals surface area (Å²) in [7, 11) is -3.89. The molecule has 0 aromatic heterocycles. The molecule has 1 saturated heterocycles. The number of hydrogen-bond donors (Lipinski definition) is 0. The quantitative estimate of drug-likeness (QED) is 0.753. The third kappa shape index (κ3) is 5.37. The number of amides is 1. The van der Waals surface area contributed by atoms with Crippen molar-refractivity contribution in [3.63, 3.8) is 0 Å². The highest BCUT2D eigenvalue weighted by atomic mass is 32.2. The maximum Gasteiger partial charge on any atom is 0.416 e. The average molecular weight is 407 g/mol. The van der Waals surface area contributed by atoms with E-state index in [1.807, 2.05) is 0 Å². The van der Waals surface area contributed by atoms with Crippen molar-refractivity contribution in [1.29, 1.82) is 0 Å². The number of benzene rings is 1. The van der Waals surface area contributed by atoms with Crippen LogP contribution in [-0.2, 0) is 20.8 Å². The third-order valence-corrected chi connectivity index (χ3v) is 6.46. The molecule has 1 fully saturated rings. The maximum atomic E-state index is 12.8. The molecule has 1 amide bonds. The summed E-state index contributed by atoms with van der Waals surface area (Å²) in [5.74, 6) is -0.0342. The van der Waals surface area contributed by atoms with Gasteiger partial charge in [-0.1, -0.05) is 6.07 Å². The summed E-state index contributed by atoms with van der Waals surface area (Å²) in [6, 6.07) is 3.78. The molecule has 1 aromatic carbocycles. The molecule has 1 unspecified atom stereocenters. The van der Waals surface area contributed by atoms with Gasteiger partial charge in [0, 0.05) is 13.1 Å². The van der Waals surface area contributed by atoms with Crippen LogP contribution in [0.15, 0.2) is 29.2 Å². The first-order valence-corrected chi connectivity index (χ1v) is 10.1. The highest BCUT2D eigenvalue weighted by molar-refractivity contribution is 7.92. The zero-order chi connectivity index (χ0) is 20.6. The molecule has 0 aliphatic carbocycles. The van der Waals surface area contributed by atoms with Crippen LogP contribution in [0.2, 0.25) is 0 Å². The van der Waals surface area contributed by atoms with Crippen molar-refractivity contribution >= 4 is 15.9 Å². The molecule has 0 spiro atoms. The molecule has 1 aliphatic heterocycles. The number of rotatable bonds is 4. The van der Waals surface area contributed by atoms with Gasteiger partial charge in [0.25, 0.3) is 0 Å². The molecule has 0 N–H and O–H groups in total. The van der Waals surface area contributed by atoms with Gasteiger partial charge in [-0.05, 0) is 58.2 Å². The van der Waals surface area contributed by atoms with Crippen LogP contribution in [-0.4, -0.2) is 43.4 Å². The van der Waals surface area contributed by atoms with Gasteiger partial charge in [0.15, 0.2) is 9.84 Å². The van der Waals surface area contributed by atoms with E-state index in [1.165, 1.54) is 17.9 Å². The van der Waals surface area contributed by atoms with Crippen LogP contribution in [0.1, 0.15) is 39.7 Å². The fourth-order valence-corrected chi connectivity index (χ4v) is 4.42. The smallest absolute Gasteiger partial charge is 0.416 e. The topological polar surface area (TPSA) is 63.7 Å². The molecule has 1 heterocycles. The van der Waals surface area contributed by atoms with E-state index in [1.54, 1.807) is 20.8 Å². The SMILES string of the molecule is CC(CC1CN(C(=O)OC(C)(C)C)C1)S(=O)(=O)c1cccc(C(F)(F)F)c1. The Morgan fingerprint density at radius 1 is 1.26 bits per heavy atom. The van der Waals surface area contributed by atoms with Gasteiger partial charge < -0.3 is 9.64 Å². The predicted molar refractivity (Wildman–Crippen MR) is 94.0 cm³/mol. The molecule has 0 radical (unpaired) electrons. The summed E-state index contributed by atoms with van der Waals surface area (Å²) in [6.07, 6.45) is -4.79. The lowest BCUT2D eigenvalue weighted by Gasteiger charge is -2.40.